The number of hydrogen-bond acceptors (Lipinski definition) is 4. The van der Waals surface area contributed by atoms with E-state index in [4.69, 9.17) is 9.47 Å². The fourth-order valence-electron chi connectivity index (χ4n) is 1.67. The van der Waals surface area contributed by atoms with Gasteiger partial charge in [0.05, 0.1) is 11.1 Å². The molecule has 0 saturated heterocycles. The van der Waals surface area contributed by atoms with Gasteiger partial charge in [-0.05, 0) is 46.6 Å². The zero-order chi connectivity index (χ0) is 15.5. The van der Waals surface area contributed by atoms with Gasteiger partial charge >= 0.3 is 0 Å². The van der Waals surface area contributed by atoms with E-state index in [-0.39, 0.29) is 12.5 Å². The van der Waals surface area contributed by atoms with Gasteiger partial charge in [-0.3, -0.25) is 4.79 Å². The van der Waals surface area contributed by atoms with Crippen LogP contribution in [-0.2, 0) is 16.1 Å². The lowest BCUT2D eigenvalue weighted by atomic mass is 10.2. The van der Waals surface area contributed by atoms with Gasteiger partial charge in [0, 0.05) is 20.2 Å². The molecule has 0 fully saturated rings. The van der Waals surface area contributed by atoms with Gasteiger partial charge in [0.25, 0.3) is 5.91 Å². The third-order valence-corrected chi connectivity index (χ3v) is 3.36. The number of nitrogens with one attached hydrogen (secondary N) is 2. The Balaban J connectivity index is 2.39. The summed E-state index contributed by atoms with van der Waals surface area (Å²) in [6, 6.07) is 5.86. The van der Waals surface area contributed by atoms with E-state index in [1.807, 2.05) is 18.2 Å². The molecule has 0 atom stereocenters. The Morgan fingerprint density at radius 2 is 2.14 bits per heavy atom. The predicted molar refractivity (Wildman–Crippen MR) is 86.5 cm³/mol. The van der Waals surface area contributed by atoms with Crippen LogP contribution in [0.1, 0.15) is 18.9 Å². The third-order valence-electron chi connectivity index (χ3n) is 2.74. The first-order valence-electron chi connectivity index (χ1n) is 7.05. The standard InChI is InChI=1S/C15H23BrN2O3/c1-3-6-17-10-12-4-5-14(13(16)9-12)21-11-15(19)18-7-8-20-2/h4-5,9,17H,3,6-8,10-11H2,1-2H3,(H,18,19). The molecule has 0 spiro atoms. The highest BCUT2D eigenvalue weighted by molar-refractivity contribution is 9.10. The highest BCUT2D eigenvalue weighted by Crippen LogP contribution is 2.25. The van der Waals surface area contributed by atoms with Crippen molar-refractivity contribution in [3.05, 3.63) is 28.2 Å². The predicted octanol–water partition coefficient (Wildman–Crippen LogP) is 2.09. The summed E-state index contributed by atoms with van der Waals surface area (Å²) in [5.74, 6) is 0.503. The van der Waals surface area contributed by atoms with Crippen LogP contribution in [0.25, 0.3) is 0 Å². The minimum atomic E-state index is -0.160. The van der Waals surface area contributed by atoms with E-state index in [9.17, 15) is 4.79 Å². The van der Waals surface area contributed by atoms with Crippen LogP contribution in [0.3, 0.4) is 0 Å². The molecule has 2 N–H and O–H groups in total. The molecule has 1 rings (SSSR count). The van der Waals surface area contributed by atoms with Crippen molar-refractivity contribution < 1.29 is 14.3 Å². The van der Waals surface area contributed by atoms with Crippen LogP contribution >= 0.6 is 15.9 Å². The van der Waals surface area contributed by atoms with Crippen LogP contribution in [0.15, 0.2) is 22.7 Å². The minimum absolute atomic E-state index is 0.00422. The Bertz CT molecular complexity index is 441. The second kappa shape index (κ2) is 10.6. The Morgan fingerprint density at radius 3 is 2.81 bits per heavy atom. The van der Waals surface area contributed by atoms with E-state index in [2.05, 4.69) is 33.5 Å². The van der Waals surface area contributed by atoms with Gasteiger partial charge in [-0.2, -0.15) is 0 Å². The summed E-state index contributed by atoms with van der Waals surface area (Å²) in [4.78, 5) is 11.5. The molecule has 1 aromatic rings. The number of hydrogen-bond donors (Lipinski definition) is 2. The lowest BCUT2D eigenvalue weighted by molar-refractivity contribution is -0.123. The van der Waals surface area contributed by atoms with E-state index in [1.165, 1.54) is 5.56 Å². The molecule has 5 nitrogen and oxygen atoms in total. The summed E-state index contributed by atoms with van der Waals surface area (Å²) in [7, 11) is 1.59. The molecular formula is C15H23BrN2O3. The van der Waals surface area contributed by atoms with Gasteiger partial charge in [0.2, 0.25) is 0 Å². The second-order valence-electron chi connectivity index (χ2n) is 4.57. The van der Waals surface area contributed by atoms with E-state index < -0.39 is 0 Å². The van der Waals surface area contributed by atoms with Crippen LogP contribution in [0.2, 0.25) is 0 Å². The first-order chi connectivity index (χ1) is 10.2. The number of amides is 1. The van der Waals surface area contributed by atoms with Gasteiger partial charge in [-0.1, -0.05) is 13.0 Å². The average Bonchev–Trinajstić information content (AvgIpc) is 2.47. The quantitative estimate of drug-likeness (QED) is 0.628. The normalized spacial score (nSPS) is 10.4. The molecule has 0 aromatic heterocycles. The Hall–Kier alpha value is -1.11. The fraction of sp³-hybridized carbons (Fsp3) is 0.533. The molecule has 21 heavy (non-hydrogen) atoms. The Kier molecular flexibility index (Phi) is 9.05. The average molecular weight is 359 g/mol. The monoisotopic (exact) mass is 358 g/mol. The second-order valence-corrected chi connectivity index (χ2v) is 5.43. The van der Waals surface area contributed by atoms with Crippen molar-refractivity contribution in [2.45, 2.75) is 19.9 Å². The maximum absolute atomic E-state index is 11.5. The summed E-state index contributed by atoms with van der Waals surface area (Å²) in [6.45, 7) is 4.94. The fourth-order valence-corrected chi connectivity index (χ4v) is 2.21. The van der Waals surface area contributed by atoms with Crippen LogP contribution < -0.4 is 15.4 Å². The van der Waals surface area contributed by atoms with Crippen molar-refractivity contribution in [3.8, 4) is 5.75 Å². The van der Waals surface area contributed by atoms with Crippen LogP contribution in [0, 0.1) is 0 Å². The number of carbonyl (C=O) groups is 1. The van der Waals surface area contributed by atoms with Gasteiger partial charge in [-0.15, -0.1) is 0 Å². The lowest BCUT2D eigenvalue weighted by Gasteiger charge is -2.10. The molecule has 0 radical (unpaired) electrons. The molecule has 0 aliphatic heterocycles. The molecule has 0 heterocycles. The van der Waals surface area contributed by atoms with Gasteiger partial charge in [0.1, 0.15) is 5.75 Å². The molecule has 0 bridgehead atoms. The first-order valence-corrected chi connectivity index (χ1v) is 7.84. The van der Waals surface area contributed by atoms with Gasteiger partial charge < -0.3 is 20.1 Å². The van der Waals surface area contributed by atoms with Crippen molar-refractivity contribution in [1.82, 2.24) is 10.6 Å². The van der Waals surface area contributed by atoms with Gasteiger partial charge in [0.15, 0.2) is 6.61 Å². The topological polar surface area (TPSA) is 59.6 Å². The van der Waals surface area contributed by atoms with E-state index >= 15 is 0 Å². The molecule has 6 heteroatoms. The summed E-state index contributed by atoms with van der Waals surface area (Å²) < 4.78 is 11.2. The zero-order valence-electron chi connectivity index (χ0n) is 12.6. The van der Waals surface area contributed by atoms with Crippen LogP contribution in [-0.4, -0.2) is 39.3 Å². The Labute approximate surface area is 134 Å². The summed E-state index contributed by atoms with van der Waals surface area (Å²) in [5, 5.41) is 6.04. The molecule has 118 valence electrons. The number of ether oxygens (including phenoxy) is 2. The smallest absolute Gasteiger partial charge is 0.258 e. The number of rotatable bonds is 10. The maximum atomic E-state index is 11.5. The molecule has 0 saturated carbocycles. The van der Waals surface area contributed by atoms with Crippen LogP contribution in [0.5, 0.6) is 5.75 Å². The van der Waals surface area contributed by atoms with E-state index in [1.54, 1.807) is 7.11 Å². The van der Waals surface area contributed by atoms with Crippen molar-refractivity contribution in [1.29, 1.82) is 0 Å². The molecule has 0 unspecified atom stereocenters. The SMILES string of the molecule is CCCNCc1ccc(OCC(=O)NCCOC)c(Br)c1. The number of carbonyl (C=O) groups excluding carboxylic acids is 1. The molecule has 0 aliphatic carbocycles. The Morgan fingerprint density at radius 1 is 1.33 bits per heavy atom. The molecule has 1 aromatic carbocycles. The van der Waals surface area contributed by atoms with Crippen molar-refractivity contribution in [3.63, 3.8) is 0 Å². The molecule has 1 amide bonds. The largest absolute Gasteiger partial charge is 0.483 e. The summed E-state index contributed by atoms with van der Waals surface area (Å²) in [6.07, 6.45) is 1.11. The lowest BCUT2D eigenvalue weighted by Crippen LogP contribution is -2.31. The third kappa shape index (κ3) is 7.45. The minimum Gasteiger partial charge on any atom is -0.483 e. The van der Waals surface area contributed by atoms with Gasteiger partial charge in [-0.25, -0.2) is 0 Å². The number of halogens is 1. The summed E-state index contributed by atoms with van der Waals surface area (Å²) >= 11 is 3.47. The summed E-state index contributed by atoms with van der Waals surface area (Å²) in [5.41, 5.74) is 1.17. The van der Waals surface area contributed by atoms with E-state index in [0.717, 1.165) is 24.0 Å². The molecule has 0 aliphatic rings. The highest BCUT2D eigenvalue weighted by Gasteiger charge is 2.06. The van der Waals surface area contributed by atoms with Crippen molar-refractivity contribution in [2.24, 2.45) is 0 Å². The van der Waals surface area contributed by atoms with Crippen LogP contribution in [0.4, 0.5) is 0 Å². The maximum Gasteiger partial charge on any atom is 0.258 e. The van der Waals surface area contributed by atoms with E-state index in [0.29, 0.717) is 18.9 Å². The molecular weight excluding hydrogens is 336 g/mol. The number of benzene rings is 1. The zero-order valence-corrected chi connectivity index (χ0v) is 14.2. The first kappa shape index (κ1) is 17.9. The van der Waals surface area contributed by atoms with Crippen molar-refractivity contribution in [2.75, 3.05) is 33.4 Å². The highest BCUT2D eigenvalue weighted by atomic mass is 79.9. The number of methoxy groups -OCH3 is 1. The van der Waals surface area contributed by atoms with Crippen molar-refractivity contribution >= 4 is 21.8 Å².